The molecule has 1 rings (SSSR count). The molecule has 0 saturated heterocycles. The third-order valence-electron chi connectivity index (χ3n) is 2.30. The van der Waals surface area contributed by atoms with Crippen molar-refractivity contribution in [3.05, 3.63) is 40.9 Å². The lowest BCUT2D eigenvalue weighted by Gasteiger charge is -2.04. The standard InChI is InChI=1S/C9H13NS.C5H9Cl/c1-8-4-6-9(7-5-8)11(3)10-2;1-3-5(2)4-6/h4-7,10H,3H2,1-2H3;4H,3H2,1-2H3/b;5-4-. The Hall–Kier alpha value is -0.570. The van der Waals surface area contributed by atoms with Gasteiger partial charge in [0.25, 0.3) is 0 Å². The number of benzene rings is 1. The molecule has 1 aromatic rings. The predicted octanol–water partition coefficient (Wildman–Crippen LogP) is 4.73. The van der Waals surface area contributed by atoms with Crippen LogP contribution in [0.15, 0.2) is 40.3 Å². The Kier molecular flexibility index (Phi) is 9.14. The molecule has 0 radical (unpaired) electrons. The van der Waals surface area contributed by atoms with Crippen molar-refractivity contribution < 1.29 is 0 Å². The average molecular weight is 272 g/mol. The summed E-state index contributed by atoms with van der Waals surface area (Å²) < 4.78 is 3.12. The summed E-state index contributed by atoms with van der Waals surface area (Å²) >= 11 is 5.29. The number of halogens is 1. The van der Waals surface area contributed by atoms with Gasteiger partial charge in [-0.25, -0.2) is 0 Å². The number of nitrogens with one attached hydrogen (secondary N) is 1. The summed E-state index contributed by atoms with van der Waals surface area (Å²) in [6.45, 7) is 6.17. The molecule has 3 heteroatoms. The van der Waals surface area contributed by atoms with Gasteiger partial charge in [-0.1, -0.05) is 58.3 Å². The van der Waals surface area contributed by atoms with Crippen LogP contribution in [0.25, 0.3) is 0 Å². The molecule has 0 aromatic heterocycles. The molecular weight excluding hydrogens is 250 g/mol. The molecule has 17 heavy (non-hydrogen) atoms. The largest absolute Gasteiger partial charge is 0.269 e. The molecule has 0 heterocycles. The SMILES string of the molecule is C=S(NC)c1ccc(C)cc1.CC/C(C)=C\Cl. The van der Waals surface area contributed by atoms with E-state index in [9.17, 15) is 0 Å². The van der Waals surface area contributed by atoms with Crippen molar-refractivity contribution >= 4 is 28.1 Å². The van der Waals surface area contributed by atoms with E-state index in [-0.39, 0.29) is 10.7 Å². The molecule has 0 aliphatic heterocycles. The van der Waals surface area contributed by atoms with Gasteiger partial charge in [0.1, 0.15) is 0 Å². The third-order valence-corrected chi connectivity index (χ3v) is 4.00. The van der Waals surface area contributed by atoms with E-state index >= 15 is 0 Å². The van der Waals surface area contributed by atoms with Crippen LogP contribution in [0.1, 0.15) is 25.8 Å². The Morgan fingerprint density at radius 1 is 1.41 bits per heavy atom. The highest BCUT2D eigenvalue weighted by Gasteiger charge is 1.91. The third kappa shape index (κ3) is 7.37. The van der Waals surface area contributed by atoms with Crippen molar-refractivity contribution in [3.63, 3.8) is 0 Å². The number of hydrogen-bond acceptors (Lipinski definition) is 1. The van der Waals surface area contributed by atoms with Gasteiger partial charge in [-0.3, -0.25) is 4.72 Å². The van der Waals surface area contributed by atoms with E-state index < -0.39 is 0 Å². The zero-order valence-corrected chi connectivity index (χ0v) is 12.7. The zero-order valence-electron chi connectivity index (χ0n) is 11.1. The number of aryl methyl sites for hydroxylation is 1. The van der Waals surface area contributed by atoms with Crippen molar-refractivity contribution in [3.8, 4) is 0 Å². The number of rotatable bonds is 3. The van der Waals surface area contributed by atoms with Gasteiger partial charge in [0, 0.05) is 10.4 Å². The maximum absolute atomic E-state index is 5.29. The first kappa shape index (κ1) is 16.4. The molecule has 1 unspecified atom stereocenters. The topological polar surface area (TPSA) is 12.0 Å². The molecule has 1 aromatic carbocycles. The van der Waals surface area contributed by atoms with Crippen molar-refractivity contribution in [2.75, 3.05) is 7.05 Å². The Morgan fingerprint density at radius 3 is 2.24 bits per heavy atom. The molecule has 0 amide bonds. The highest BCUT2D eigenvalue weighted by molar-refractivity contribution is 8.12. The maximum Gasteiger partial charge on any atom is 0.0152 e. The van der Waals surface area contributed by atoms with Gasteiger partial charge in [-0.05, 0) is 39.4 Å². The number of allylic oxidation sites excluding steroid dienone is 1. The van der Waals surface area contributed by atoms with E-state index in [2.05, 4.69) is 48.7 Å². The second-order valence-electron chi connectivity index (χ2n) is 3.72. The molecule has 0 saturated carbocycles. The summed E-state index contributed by atoms with van der Waals surface area (Å²) in [5.41, 5.74) is 4.14. The smallest absolute Gasteiger partial charge is 0.0152 e. The summed E-state index contributed by atoms with van der Waals surface area (Å²) in [5, 5.41) is 0. The summed E-state index contributed by atoms with van der Waals surface area (Å²) in [7, 11) is 1.88. The highest BCUT2D eigenvalue weighted by Crippen LogP contribution is 2.19. The van der Waals surface area contributed by atoms with Crippen LogP contribution >= 0.6 is 22.3 Å². The first-order valence-electron chi connectivity index (χ1n) is 5.59. The second-order valence-corrected chi connectivity index (χ2v) is 5.60. The van der Waals surface area contributed by atoms with E-state index in [4.69, 9.17) is 11.6 Å². The lowest BCUT2D eigenvalue weighted by Crippen LogP contribution is -1.94. The molecule has 96 valence electrons. The van der Waals surface area contributed by atoms with Crippen LogP contribution in [0.2, 0.25) is 0 Å². The van der Waals surface area contributed by atoms with Crippen LogP contribution in [-0.4, -0.2) is 12.9 Å². The van der Waals surface area contributed by atoms with E-state index in [1.54, 1.807) is 5.54 Å². The summed E-state index contributed by atoms with van der Waals surface area (Å²) in [6.07, 6.45) is 1.06. The summed E-state index contributed by atoms with van der Waals surface area (Å²) in [5.74, 6) is 3.97. The minimum absolute atomic E-state index is 0.0486. The average Bonchev–Trinajstić information content (AvgIpc) is 2.38. The van der Waals surface area contributed by atoms with Gasteiger partial charge in [0.2, 0.25) is 0 Å². The van der Waals surface area contributed by atoms with Crippen molar-refractivity contribution in [2.45, 2.75) is 32.1 Å². The van der Waals surface area contributed by atoms with Crippen LogP contribution in [0.5, 0.6) is 0 Å². The van der Waals surface area contributed by atoms with Crippen LogP contribution < -0.4 is 4.72 Å². The fourth-order valence-electron chi connectivity index (χ4n) is 0.898. The molecule has 1 N–H and O–H groups in total. The predicted molar refractivity (Wildman–Crippen MR) is 83.1 cm³/mol. The van der Waals surface area contributed by atoms with Gasteiger partial charge in [-0.2, -0.15) is 0 Å². The quantitative estimate of drug-likeness (QED) is 0.784. The van der Waals surface area contributed by atoms with Crippen molar-refractivity contribution in [2.24, 2.45) is 0 Å². The minimum atomic E-state index is -0.0486. The van der Waals surface area contributed by atoms with Gasteiger partial charge in [0.15, 0.2) is 0 Å². The van der Waals surface area contributed by atoms with Crippen LogP contribution in [0.3, 0.4) is 0 Å². The Bertz CT molecular complexity index is 368. The first-order chi connectivity index (χ1) is 8.04. The normalized spacial score (nSPS) is 12.6. The summed E-state index contributed by atoms with van der Waals surface area (Å²) in [6, 6.07) is 8.44. The van der Waals surface area contributed by atoms with Gasteiger partial charge in [-0.15, -0.1) is 0 Å². The Balaban J connectivity index is 0.000000366. The molecule has 0 fully saturated rings. The van der Waals surface area contributed by atoms with E-state index in [0.717, 1.165) is 6.42 Å². The molecular formula is C14H22ClNS. The molecule has 0 aliphatic rings. The second kappa shape index (κ2) is 9.46. The molecule has 1 atom stereocenters. The monoisotopic (exact) mass is 271 g/mol. The maximum atomic E-state index is 5.29. The van der Waals surface area contributed by atoms with Crippen molar-refractivity contribution in [1.29, 1.82) is 0 Å². The fraction of sp³-hybridized carbons (Fsp3) is 0.357. The van der Waals surface area contributed by atoms with Crippen molar-refractivity contribution in [1.82, 2.24) is 4.72 Å². The van der Waals surface area contributed by atoms with Crippen LogP contribution in [-0.2, 0) is 0 Å². The van der Waals surface area contributed by atoms with Crippen LogP contribution in [0, 0.1) is 6.92 Å². The van der Waals surface area contributed by atoms with E-state index in [1.807, 2.05) is 14.0 Å². The van der Waals surface area contributed by atoms with E-state index in [1.165, 1.54) is 16.0 Å². The fourth-order valence-corrected chi connectivity index (χ4v) is 1.75. The highest BCUT2D eigenvalue weighted by atomic mass is 35.5. The number of hydrogen-bond donors (Lipinski definition) is 1. The van der Waals surface area contributed by atoms with Gasteiger partial charge in [0.05, 0.1) is 0 Å². The van der Waals surface area contributed by atoms with Gasteiger partial charge >= 0.3 is 0 Å². The zero-order chi connectivity index (χ0) is 13.3. The Morgan fingerprint density at radius 2 is 1.94 bits per heavy atom. The summed E-state index contributed by atoms with van der Waals surface area (Å²) in [4.78, 5) is 1.26. The molecule has 1 nitrogen and oxygen atoms in total. The lowest BCUT2D eigenvalue weighted by molar-refractivity contribution is 1.11. The Labute approximate surface area is 113 Å². The molecule has 0 bridgehead atoms. The van der Waals surface area contributed by atoms with Gasteiger partial charge < -0.3 is 0 Å². The van der Waals surface area contributed by atoms with Crippen LogP contribution in [0.4, 0.5) is 0 Å². The lowest BCUT2D eigenvalue weighted by atomic mass is 10.2. The molecule has 0 spiro atoms. The van der Waals surface area contributed by atoms with E-state index in [0.29, 0.717) is 0 Å². The molecule has 0 aliphatic carbocycles. The first-order valence-corrected chi connectivity index (χ1v) is 7.42. The minimum Gasteiger partial charge on any atom is -0.269 e.